The third-order valence-electron chi connectivity index (χ3n) is 4.15. The summed E-state index contributed by atoms with van der Waals surface area (Å²) in [6.45, 7) is 2.32. The van der Waals surface area contributed by atoms with Gasteiger partial charge in [-0.25, -0.2) is 9.69 Å². The topological polar surface area (TPSA) is 99.1 Å². The number of carboxylic acids is 1. The van der Waals surface area contributed by atoms with Gasteiger partial charge in [0.15, 0.2) is 5.17 Å². The summed E-state index contributed by atoms with van der Waals surface area (Å²) in [5, 5.41) is 12.8. The van der Waals surface area contributed by atoms with Crippen LogP contribution < -0.4 is 10.2 Å². The number of benzene rings is 2. The number of amidine groups is 1. The molecule has 0 saturated carbocycles. The first kappa shape index (κ1) is 22.1. The third-order valence-corrected chi connectivity index (χ3v) is 5.69. The lowest BCUT2D eigenvalue weighted by molar-refractivity contribution is -0.121. The maximum absolute atomic E-state index is 12.9. The molecular weight excluding hydrogens is 449 g/mol. The molecule has 156 valence electrons. The fourth-order valence-corrected chi connectivity index (χ4v) is 4.46. The van der Waals surface area contributed by atoms with Gasteiger partial charge in [0.2, 0.25) is 11.8 Å². The van der Waals surface area contributed by atoms with Crippen molar-refractivity contribution in [3.63, 3.8) is 0 Å². The van der Waals surface area contributed by atoms with Gasteiger partial charge in [0.25, 0.3) is 0 Å². The molecule has 3 rings (SSSR count). The number of carbonyl (C=O) groups is 3. The predicted molar refractivity (Wildman–Crippen MR) is 120 cm³/mol. The van der Waals surface area contributed by atoms with Gasteiger partial charge in [-0.15, -0.1) is 0 Å². The normalized spacial score (nSPS) is 16.8. The van der Waals surface area contributed by atoms with Crippen LogP contribution in [0, 0.1) is 0 Å². The lowest BCUT2D eigenvalue weighted by atomic mass is 10.2. The molecule has 1 aliphatic rings. The van der Waals surface area contributed by atoms with Gasteiger partial charge in [-0.1, -0.05) is 35.0 Å². The van der Waals surface area contributed by atoms with Gasteiger partial charge in [-0.3, -0.25) is 14.6 Å². The number of hydrogen-bond acceptors (Lipinski definition) is 5. The molecule has 2 amide bonds. The molecule has 1 fully saturated rings. The SMILES string of the molecule is CCN=C(Nc1cc(Cl)cc(Cl)c1)S[C@H]1CC(=O)N(c2ccc(C(=O)O)cc2)C1=O. The Balaban J connectivity index is 1.76. The molecule has 30 heavy (non-hydrogen) atoms. The fourth-order valence-electron chi connectivity index (χ4n) is 2.85. The van der Waals surface area contributed by atoms with E-state index in [2.05, 4.69) is 10.3 Å². The van der Waals surface area contributed by atoms with E-state index >= 15 is 0 Å². The Morgan fingerprint density at radius 2 is 1.83 bits per heavy atom. The van der Waals surface area contributed by atoms with Crippen molar-refractivity contribution in [2.75, 3.05) is 16.8 Å². The number of carboxylic acid groups (broad SMARTS) is 1. The van der Waals surface area contributed by atoms with Crippen LogP contribution in [0.3, 0.4) is 0 Å². The van der Waals surface area contributed by atoms with Crippen molar-refractivity contribution in [3.8, 4) is 0 Å². The number of carbonyl (C=O) groups excluding carboxylic acids is 2. The van der Waals surface area contributed by atoms with E-state index in [1.807, 2.05) is 6.92 Å². The Bertz CT molecular complexity index is 1010. The van der Waals surface area contributed by atoms with E-state index in [1.165, 1.54) is 24.3 Å². The molecular formula is C20H17Cl2N3O4S. The molecule has 10 heteroatoms. The van der Waals surface area contributed by atoms with Crippen molar-refractivity contribution < 1.29 is 19.5 Å². The zero-order chi connectivity index (χ0) is 21.8. The number of nitrogens with one attached hydrogen (secondary N) is 1. The molecule has 1 saturated heterocycles. The van der Waals surface area contributed by atoms with Crippen LogP contribution in [0.2, 0.25) is 10.0 Å². The Morgan fingerprint density at radius 1 is 1.20 bits per heavy atom. The number of nitrogens with zero attached hydrogens (tertiary/aromatic N) is 2. The molecule has 0 radical (unpaired) electrons. The van der Waals surface area contributed by atoms with E-state index in [4.69, 9.17) is 28.3 Å². The van der Waals surface area contributed by atoms with Crippen LogP contribution in [-0.4, -0.2) is 39.9 Å². The zero-order valence-corrected chi connectivity index (χ0v) is 18.1. The molecule has 7 nitrogen and oxygen atoms in total. The second-order valence-electron chi connectivity index (χ2n) is 6.29. The summed E-state index contributed by atoms with van der Waals surface area (Å²) in [6.07, 6.45) is 0.00486. The third kappa shape index (κ3) is 5.13. The maximum Gasteiger partial charge on any atom is 0.335 e. The summed E-state index contributed by atoms with van der Waals surface area (Å²) in [5.74, 6) is -1.83. The number of halogens is 2. The molecule has 1 aliphatic heterocycles. The minimum atomic E-state index is -1.08. The number of thioether (sulfide) groups is 1. The molecule has 2 N–H and O–H groups in total. The first-order valence-electron chi connectivity index (χ1n) is 8.93. The number of aliphatic imine (C=N–C) groups is 1. The van der Waals surface area contributed by atoms with E-state index in [9.17, 15) is 14.4 Å². The number of rotatable bonds is 5. The summed E-state index contributed by atoms with van der Waals surface area (Å²) in [6, 6.07) is 10.6. The van der Waals surface area contributed by atoms with Gasteiger partial charge in [0.05, 0.1) is 11.3 Å². The summed E-state index contributed by atoms with van der Waals surface area (Å²) in [7, 11) is 0. The number of imide groups is 1. The van der Waals surface area contributed by atoms with E-state index < -0.39 is 11.2 Å². The summed E-state index contributed by atoms with van der Waals surface area (Å²) < 4.78 is 0. The molecule has 1 heterocycles. The number of amides is 2. The zero-order valence-electron chi connectivity index (χ0n) is 15.8. The maximum atomic E-state index is 12.9. The van der Waals surface area contributed by atoms with Crippen LogP contribution >= 0.6 is 35.0 Å². The van der Waals surface area contributed by atoms with Crippen molar-refractivity contribution in [1.82, 2.24) is 0 Å². The predicted octanol–water partition coefficient (Wildman–Crippen LogP) is 4.54. The van der Waals surface area contributed by atoms with Crippen LogP contribution in [-0.2, 0) is 9.59 Å². The second-order valence-corrected chi connectivity index (χ2v) is 8.36. The lowest BCUT2D eigenvalue weighted by Crippen LogP contribution is -2.31. The quantitative estimate of drug-likeness (QED) is 0.381. The van der Waals surface area contributed by atoms with Crippen molar-refractivity contribution in [3.05, 3.63) is 58.1 Å². The number of hydrogen-bond donors (Lipinski definition) is 2. The highest BCUT2D eigenvalue weighted by Crippen LogP contribution is 2.31. The molecule has 0 aromatic heterocycles. The number of anilines is 2. The van der Waals surface area contributed by atoms with Crippen molar-refractivity contribution in [2.24, 2.45) is 4.99 Å². The van der Waals surface area contributed by atoms with Gasteiger partial charge < -0.3 is 10.4 Å². The smallest absolute Gasteiger partial charge is 0.335 e. The molecule has 0 spiro atoms. The van der Waals surface area contributed by atoms with E-state index in [0.717, 1.165) is 16.7 Å². The average Bonchev–Trinajstić information content (AvgIpc) is 2.94. The summed E-state index contributed by atoms with van der Waals surface area (Å²) in [5.41, 5.74) is 1.03. The van der Waals surface area contributed by atoms with Crippen LogP contribution in [0.1, 0.15) is 23.7 Å². The van der Waals surface area contributed by atoms with Crippen LogP contribution in [0.4, 0.5) is 11.4 Å². The molecule has 0 aliphatic carbocycles. The van der Waals surface area contributed by atoms with Gasteiger partial charge in [0.1, 0.15) is 5.25 Å². The second kappa shape index (κ2) is 9.51. The highest BCUT2D eigenvalue weighted by atomic mass is 35.5. The Hall–Kier alpha value is -2.55. The molecule has 0 unspecified atom stereocenters. The van der Waals surface area contributed by atoms with Gasteiger partial charge in [-0.05, 0) is 49.4 Å². The number of aromatic carboxylic acids is 1. The standard InChI is InChI=1S/C20H17Cl2N3O4S/c1-2-23-20(24-14-8-12(21)7-13(22)9-14)30-16-10-17(26)25(18(16)27)15-5-3-11(4-6-15)19(28)29/h3-9,16H,2,10H2,1H3,(H,23,24)(H,28,29)/t16-/m0/s1. The minimum absolute atomic E-state index is 0.00486. The molecule has 2 aromatic carbocycles. The Morgan fingerprint density at radius 3 is 2.40 bits per heavy atom. The average molecular weight is 466 g/mol. The first-order chi connectivity index (χ1) is 14.3. The van der Waals surface area contributed by atoms with Crippen molar-refractivity contribution in [2.45, 2.75) is 18.6 Å². The van der Waals surface area contributed by atoms with E-state index in [0.29, 0.717) is 33.1 Å². The Labute approximate surface area is 187 Å². The van der Waals surface area contributed by atoms with Crippen LogP contribution in [0.25, 0.3) is 0 Å². The lowest BCUT2D eigenvalue weighted by Gasteiger charge is -2.16. The first-order valence-corrected chi connectivity index (χ1v) is 10.6. The van der Waals surface area contributed by atoms with E-state index in [-0.39, 0.29) is 23.8 Å². The monoisotopic (exact) mass is 465 g/mol. The van der Waals surface area contributed by atoms with E-state index in [1.54, 1.807) is 18.2 Å². The van der Waals surface area contributed by atoms with Crippen molar-refractivity contribution in [1.29, 1.82) is 0 Å². The van der Waals surface area contributed by atoms with Crippen LogP contribution in [0.5, 0.6) is 0 Å². The Kier molecular flexibility index (Phi) is 7.02. The van der Waals surface area contributed by atoms with Gasteiger partial charge >= 0.3 is 5.97 Å². The summed E-state index contributed by atoms with van der Waals surface area (Å²) in [4.78, 5) is 41.8. The van der Waals surface area contributed by atoms with Gasteiger partial charge in [-0.2, -0.15) is 0 Å². The molecule has 0 bridgehead atoms. The highest BCUT2D eigenvalue weighted by Gasteiger charge is 2.40. The molecule has 2 aromatic rings. The van der Waals surface area contributed by atoms with Crippen LogP contribution in [0.15, 0.2) is 47.5 Å². The van der Waals surface area contributed by atoms with Crippen molar-refractivity contribution >= 4 is 69.3 Å². The fraction of sp³-hybridized carbons (Fsp3) is 0.200. The highest BCUT2D eigenvalue weighted by molar-refractivity contribution is 8.15. The summed E-state index contributed by atoms with van der Waals surface area (Å²) >= 11 is 13.2. The molecule has 1 atom stereocenters. The minimum Gasteiger partial charge on any atom is -0.478 e. The van der Waals surface area contributed by atoms with Gasteiger partial charge in [0, 0.05) is 28.7 Å². The largest absolute Gasteiger partial charge is 0.478 e.